The van der Waals surface area contributed by atoms with Crippen LogP contribution in [-0.2, 0) is 10.8 Å². The van der Waals surface area contributed by atoms with E-state index in [2.05, 4.69) is 182 Å². The normalized spacial score (nSPS) is 16.3. The molecular formula is C50H35N3. The number of hydrogen-bond donors (Lipinski definition) is 0. The van der Waals surface area contributed by atoms with Crippen molar-refractivity contribution in [2.45, 2.75) is 24.7 Å². The second-order valence-corrected chi connectivity index (χ2v) is 14.9. The molecule has 1 spiro atoms. The molecule has 1 aliphatic carbocycles. The third-order valence-corrected chi connectivity index (χ3v) is 11.9. The summed E-state index contributed by atoms with van der Waals surface area (Å²) in [5.74, 6) is 0.725. The van der Waals surface area contributed by atoms with Crippen molar-refractivity contribution in [3.05, 3.63) is 209 Å². The SMILES string of the molecule is CC1(C)c2ccccc2C2(c3ccccc3-n3c4ccccc4c4cccc2c43)c2ccc(-c3nc(-c4ccccc4)cc(-c4ccccc4)n3)cc21. The first-order chi connectivity index (χ1) is 26.0. The molecule has 2 aromatic heterocycles. The first-order valence-corrected chi connectivity index (χ1v) is 18.4. The van der Waals surface area contributed by atoms with E-state index in [9.17, 15) is 0 Å². The molecule has 0 radical (unpaired) electrons. The van der Waals surface area contributed by atoms with Gasteiger partial charge in [-0.2, -0.15) is 0 Å². The summed E-state index contributed by atoms with van der Waals surface area (Å²) in [6.45, 7) is 4.76. The predicted octanol–water partition coefficient (Wildman–Crippen LogP) is 11.9. The van der Waals surface area contributed by atoms with Crippen molar-refractivity contribution in [2.75, 3.05) is 0 Å². The van der Waals surface area contributed by atoms with Crippen molar-refractivity contribution >= 4 is 21.8 Å². The van der Waals surface area contributed by atoms with Crippen molar-refractivity contribution in [2.24, 2.45) is 0 Å². The van der Waals surface area contributed by atoms with Crippen molar-refractivity contribution in [3.63, 3.8) is 0 Å². The zero-order valence-corrected chi connectivity index (χ0v) is 29.6. The summed E-state index contributed by atoms with van der Waals surface area (Å²) in [5.41, 5.74) is 15.8. The van der Waals surface area contributed by atoms with E-state index in [4.69, 9.17) is 9.97 Å². The highest BCUT2D eigenvalue weighted by atomic mass is 15.0. The molecule has 3 heteroatoms. The van der Waals surface area contributed by atoms with E-state index >= 15 is 0 Å². The Hall–Kier alpha value is -6.58. The molecule has 7 aromatic carbocycles. The molecule has 0 saturated carbocycles. The Morgan fingerprint density at radius 1 is 0.415 bits per heavy atom. The highest BCUT2D eigenvalue weighted by Crippen LogP contribution is 2.60. The average Bonchev–Trinajstić information content (AvgIpc) is 3.57. The third-order valence-electron chi connectivity index (χ3n) is 11.9. The number of hydrogen-bond acceptors (Lipinski definition) is 2. The molecule has 1 atom stereocenters. The first-order valence-electron chi connectivity index (χ1n) is 18.4. The average molecular weight is 678 g/mol. The van der Waals surface area contributed by atoms with E-state index < -0.39 is 5.41 Å². The van der Waals surface area contributed by atoms with Gasteiger partial charge in [0.1, 0.15) is 0 Å². The lowest BCUT2D eigenvalue weighted by Gasteiger charge is -2.50. The number of fused-ring (bicyclic) bond motifs is 11. The van der Waals surface area contributed by atoms with Gasteiger partial charge < -0.3 is 4.57 Å². The molecular weight excluding hydrogens is 643 g/mol. The summed E-state index contributed by atoms with van der Waals surface area (Å²) in [4.78, 5) is 10.5. The Kier molecular flexibility index (Phi) is 6.22. The van der Waals surface area contributed by atoms with Crippen LogP contribution >= 0.6 is 0 Å². The lowest BCUT2D eigenvalue weighted by Crippen LogP contribution is -2.44. The van der Waals surface area contributed by atoms with E-state index in [0.717, 1.165) is 33.9 Å². The Morgan fingerprint density at radius 3 is 1.72 bits per heavy atom. The molecule has 250 valence electrons. The molecule has 11 rings (SSSR count). The Bertz CT molecular complexity index is 2860. The van der Waals surface area contributed by atoms with Crippen molar-refractivity contribution in [1.82, 2.24) is 14.5 Å². The van der Waals surface area contributed by atoms with Crippen LogP contribution in [0.4, 0.5) is 0 Å². The molecule has 3 heterocycles. The minimum absolute atomic E-state index is 0.292. The summed E-state index contributed by atoms with van der Waals surface area (Å²) in [6, 6.07) is 64.0. The van der Waals surface area contributed by atoms with Crippen molar-refractivity contribution in [1.29, 1.82) is 0 Å². The maximum absolute atomic E-state index is 5.25. The molecule has 53 heavy (non-hydrogen) atoms. The molecule has 0 N–H and O–H groups in total. The van der Waals surface area contributed by atoms with Gasteiger partial charge >= 0.3 is 0 Å². The van der Waals surface area contributed by atoms with Gasteiger partial charge in [-0.15, -0.1) is 0 Å². The van der Waals surface area contributed by atoms with Gasteiger partial charge in [0.15, 0.2) is 5.82 Å². The van der Waals surface area contributed by atoms with E-state index in [1.807, 2.05) is 12.1 Å². The maximum Gasteiger partial charge on any atom is 0.160 e. The van der Waals surface area contributed by atoms with Crippen LogP contribution < -0.4 is 0 Å². The van der Waals surface area contributed by atoms with Crippen molar-refractivity contribution < 1.29 is 0 Å². The van der Waals surface area contributed by atoms with Gasteiger partial charge in [0, 0.05) is 32.9 Å². The maximum atomic E-state index is 5.25. The van der Waals surface area contributed by atoms with Crippen LogP contribution in [0.15, 0.2) is 176 Å². The molecule has 9 aromatic rings. The third kappa shape index (κ3) is 4.05. The fourth-order valence-corrected chi connectivity index (χ4v) is 9.55. The summed E-state index contributed by atoms with van der Waals surface area (Å²) in [7, 11) is 0. The fourth-order valence-electron chi connectivity index (χ4n) is 9.55. The summed E-state index contributed by atoms with van der Waals surface area (Å²) in [5, 5.41) is 2.56. The largest absolute Gasteiger partial charge is 0.309 e. The van der Waals surface area contributed by atoms with Gasteiger partial charge in [0.2, 0.25) is 0 Å². The fraction of sp³-hybridized carbons (Fsp3) is 0.0800. The number of benzene rings is 7. The molecule has 0 bridgehead atoms. The quantitative estimate of drug-likeness (QED) is 0.186. The topological polar surface area (TPSA) is 30.7 Å². The number of rotatable bonds is 3. The zero-order valence-electron chi connectivity index (χ0n) is 29.6. The summed E-state index contributed by atoms with van der Waals surface area (Å²) in [6.07, 6.45) is 0. The van der Waals surface area contributed by atoms with E-state index in [0.29, 0.717) is 0 Å². The number of nitrogens with zero attached hydrogens (tertiary/aromatic N) is 3. The summed E-state index contributed by atoms with van der Waals surface area (Å²) < 4.78 is 2.50. The van der Waals surface area contributed by atoms with Gasteiger partial charge in [0.25, 0.3) is 0 Å². The van der Waals surface area contributed by atoms with Crippen LogP contribution in [0.5, 0.6) is 0 Å². The van der Waals surface area contributed by atoms with Crippen LogP contribution in [0, 0.1) is 0 Å². The van der Waals surface area contributed by atoms with E-state index in [1.165, 1.54) is 60.9 Å². The molecule has 1 aliphatic heterocycles. The minimum Gasteiger partial charge on any atom is -0.309 e. The molecule has 0 saturated heterocycles. The van der Waals surface area contributed by atoms with Gasteiger partial charge in [-0.3, -0.25) is 0 Å². The van der Waals surface area contributed by atoms with Gasteiger partial charge in [-0.25, -0.2) is 9.97 Å². The minimum atomic E-state index is -0.539. The van der Waals surface area contributed by atoms with Crippen LogP contribution in [0.25, 0.3) is 61.4 Å². The first kappa shape index (κ1) is 30.1. The van der Waals surface area contributed by atoms with Crippen LogP contribution in [0.2, 0.25) is 0 Å². The highest BCUT2D eigenvalue weighted by molar-refractivity contribution is 6.12. The van der Waals surface area contributed by atoms with Crippen LogP contribution in [-0.4, -0.2) is 14.5 Å². The smallest absolute Gasteiger partial charge is 0.160 e. The summed E-state index contributed by atoms with van der Waals surface area (Å²) >= 11 is 0. The number of para-hydroxylation sites is 3. The highest BCUT2D eigenvalue weighted by Gasteiger charge is 2.52. The standard InChI is InChI=1S/C50H35N3/c1-49(2)37-22-10-11-23-38(37)50(40-24-12-14-27-46(40)53-45-26-13-9-20-35(45)36-21-15-25-41(50)47(36)53)39-29-28-34(30-42(39)49)48-51-43(32-16-5-3-6-17-32)31-44(52-48)33-18-7-4-8-19-33/h3-31H,1-2H3. The van der Waals surface area contributed by atoms with Gasteiger partial charge in [0.05, 0.1) is 33.5 Å². The van der Waals surface area contributed by atoms with E-state index in [1.54, 1.807) is 0 Å². The Balaban J connectivity index is 1.23. The van der Waals surface area contributed by atoms with E-state index in [-0.39, 0.29) is 5.41 Å². The van der Waals surface area contributed by atoms with Gasteiger partial charge in [-0.05, 0) is 57.6 Å². The Morgan fingerprint density at radius 2 is 0.981 bits per heavy atom. The molecule has 0 fully saturated rings. The second kappa shape index (κ2) is 11.0. The zero-order chi connectivity index (χ0) is 35.3. The van der Waals surface area contributed by atoms with Gasteiger partial charge in [-0.1, -0.05) is 166 Å². The molecule has 1 unspecified atom stereocenters. The van der Waals surface area contributed by atoms with Crippen molar-refractivity contribution in [3.8, 4) is 39.6 Å². The second-order valence-electron chi connectivity index (χ2n) is 14.9. The molecule has 2 aliphatic rings. The lowest BCUT2D eigenvalue weighted by molar-refractivity contribution is 0.556. The lowest BCUT2D eigenvalue weighted by atomic mass is 9.53. The van der Waals surface area contributed by atoms with Crippen LogP contribution in [0.1, 0.15) is 47.2 Å². The number of aromatic nitrogens is 3. The Labute approximate surface area is 308 Å². The predicted molar refractivity (Wildman–Crippen MR) is 217 cm³/mol. The molecule has 3 nitrogen and oxygen atoms in total. The van der Waals surface area contributed by atoms with Crippen LogP contribution in [0.3, 0.4) is 0 Å². The monoisotopic (exact) mass is 677 g/mol. The molecule has 0 amide bonds.